The summed E-state index contributed by atoms with van der Waals surface area (Å²) in [6.07, 6.45) is 4.11. The van der Waals surface area contributed by atoms with Crippen LogP contribution in [0.25, 0.3) is 0 Å². The summed E-state index contributed by atoms with van der Waals surface area (Å²) < 4.78 is 29.0. The van der Waals surface area contributed by atoms with E-state index in [4.69, 9.17) is 4.74 Å². The van der Waals surface area contributed by atoms with Gasteiger partial charge in [-0.2, -0.15) is 0 Å². The Bertz CT molecular complexity index is 569. The Morgan fingerprint density at radius 3 is 2.86 bits per heavy atom. The molecule has 118 valence electrons. The van der Waals surface area contributed by atoms with Gasteiger partial charge in [-0.25, -0.2) is 8.42 Å². The molecule has 0 saturated heterocycles. The van der Waals surface area contributed by atoms with Crippen LogP contribution >= 0.6 is 0 Å². The molecule has 0 radical (unpaired) electrons. The molecule has 1 atom stereocenters. The molecule has 1 N–H and O–H groups in total. The second kappa shape index (κ2) is 7.27. The fourth-order valence-electron chi connectivity index (χ4n) is 2.87. The highest BCUT2D eigenvalue weighted by molar-refractivity contribution is 7.91. The molecule has 1 unspecified atom stereocenters. The van der Waals surface area contributed by atoms with E-state index in [1.165, 1.54) is 17.5 Å². The van der Waals surface area contributed by atoms with Gasteiger partial charge >= 0.3 is 0 Å². The Morgan fingerprint density at radius 2 is 2.14 bits per heavy atom. The molecule has 0 saturated carbocycles. The smallest absolute Gasteiger partial charge is 0.153 e. The molecular weight excluding hydrogens is 286 g/mol. The van der Waals surface area contributed by atoms with Crippen LogP contribution in [0.2, 0.25) is 0 Å². The second-order valence-corrected chi connectivity index (χ2v) is 7.90. The minimum Gasteiger partial charge on any atom is -0.493 e. The largest absolute Gasteiger partial charge is 0.493 e. The van der Waals surface area contributed by atoms with Crippen LogP contribution in [-0.4, -0.2) is 33.6 Å². The summed E-state index contributed by atoms with van der Waals surface area (Å²) in [5.74, 6) is 1.10. The molecular formula is C16H25NO3S. The second-order valence-electron chi connectivity index (χ2n) is 5.59. The lowest BCUT2D eigenvalue weighted by Crippen LogP contribution is -2.21. The Hall–Kier alpha value is -1.07. The highest BCUT2D eigenvalue weighted by Crippen LogP contribution is 2.32. The summed E-state index contributed by atoms with van der Waals surface area (Å²) in [7, 11) is -0.995. The van der Waals surface area contributed by atoms with E-state index in [-0.39, 0.29) is 18.1 Å². The molecule has 4 nitrogen and oxygen atoms in total. The zero-order valence-corrected chi connectivity index (χ0v) is 13.7. The molecule has 0 amide bonds. The molecule has 0 aliphatic heterocycles. The average Bonchev–Trinajstić information content (AvgIpc) is 2.46. The number of hydrogen-bond donors (Lipinski definition) is 1. The molecule has 0 fully saturated rings. The monoisotopic (exact) mass is 311 g/mol. The van der Waals surface area contributed by atoms with Crippen LogP contribution in [0.3, 0.4) is 0 Å². The van der Waals surface area contributed by atoms with Crippen molar-refractivity contribution in [3.8, 4) is 5.75 Å². The summed E-state index contributed by atoms with van der Waals surface area (Å²) in [6, 6.07) is 6.49. The van der Waals surface area contributed by atoms with Gasteiger partial charge in [0.15, 0.2) is 9.84 Å². The fourth-order valence-corrected chi connectivity index (χ4v) is 4.03. The van der Waals surface area contributed by atoms with Gasteiger partial charge in [0.05, 0.1) is 11.5 Å². The molecule has 1 aromatic carbocycles. The van der Waals surface area contributed by atoms with Crippen molar-refractivity contribution in [2.75, 3.05) is 25.2 Å². The normalized spacial score (nSPS) is 18.3. The maximum atomic E-state index is 11.7. The van der Waals surface area contributed by atoms with Crippen molar-refractivity contribution in [2.24, 2.45) is 0 Å². The lowest BCUT2D eigenvalue weighted by molar-refractivity contribution is 0.339. The van der Waals surface area contributed by atoms with Crippen LogP contribution < -0.4 is 10.1 Å². The lowest BCUT2D eigenvalue weighted by Gasteiger charge is -2.25. The minimum atomic E-state index is -2.97. The first-order valence-corrected chi connectivity index (χ1v) is 9.51. The van der Waals surface area contributed by atoms with Crippen molar-refractivity contribution in [1.29, 1.82) is 0 Å². The number of hydrogen-bond acceptors (Lipinski definition) is 4. The van der Waals surface area contributed by atoms with E-state index >= 15 is 0 Å². The molecule has 0 spiro atoms. The third-order valence-electron chi connectivity index (χ3n) is 3.96. The van der Waals surface area contributed by atoms with Crippen molar-refractivity contribution in [3.05, 3.63) is 29.3 Å². The molecule has 5 heteroatoms. The number of sulfone groups is 1. The fraction of sp³-hybridized carbons (Fsp3) is 0.625. The van der Waals surface area contributed by atoms with E-state index in [9.17, 15) is 8.42 Å². The van der Waals surface area contributed by atoms with Gasteiger partial charge in [-0.3, -0.25) is 0 Å². The van der Waals surface area contributed by atoms with Crippen molar-refractivity contribution < 1.29 is 13.2 Å². The van der Waals surface area contributed by atoms with Crippen molar-refractivity contribution in [1.82, 2.24) is 5.32 Å². The van der Waals surface area contributed by atoms with Crippen LogP contribution in [0.15, 0.2) is 18.2 Å². The number of rotatable bonds is 7. The Labute approximate surface area is 127 Å². The molecule has 1 aliphatic carbocycles. The summed E-state index contributed by atoms with van der Waals surface area (Å²) in [6.45, 7) is 2.10. The van der Waals surface area contributed by atoms with Crippen LogP contribution in [0.5, 0.6) is 5.75 Å². The van der Waals surface area contributed by atoms with Crippen LogP contribution in [0.1, 0.15) is 43.4 Å². The maximum Gasteiger partial charge on any atom is 0.153 e. The number of aryl methyl sites for hydroxylation is 1. The summed E-state index contributed by atoms with van der Waals surface area (Å²) in [4.78, 5) is 0. The predicted octanol–water partition coefficient (Wildman–Crippen LogP) is 2.49. The maximum absolute atomic E-state index is 11.7. The first kappa shape index (κ1) is 16.3. The summed E-state index contributed by atoms with van der Waals surface area (Å²) in [5, 5.41) is 3.33. The molecule has 1 aliphatic rings. The molecule has 0 aromatic heterocycles. The van der Waals surface area contributed by atoms with E-state index in [2.05, 4.69) is 17.4 Å². The van der Waals surface area contributed by atoms with Crippen LogP contribution in [0.4, 0.5) is 0 Å². The van der Waals surface area contributed by atoms with E-state index in [0.717, 1.165) is 18.6 Å². The number of benzene rings is 1. The third kappa shape index (κ3) is 4.45. The van der Waals surface area contributed by atoms with Crippen LogP contribution in [0, 0.1) is 0 Å². The Kier molecular flexibility index (Phi) is 5.65. The van der Waals surface area contributed by atoms with Gasteiger partial charge in [0, 0.05) is 6.04 Å². The van der Waals surface area contributed by atoms with Gasteiger partial charge in [-0.15, -0.1) is 0 Å². The average molecular weight is 311 g/mol. The minimum absolute atomic E-state index is 0.0907. The quantitative estimate of drug-likeness (QED) is 0.840. The topological polar surface area (TPSA) is 55.4 Å². The molecule has 0 bridgehead atoms. The summed E-state index contributed by atoms with van der Waals surface area (Å²) in [5.41, 5.74) is 2.66. The van der Waals surface area contributed by atoms with Crippen molar-refractivity contribution in [3.63, 3.8) is 0 Å². The van der Waals surface area contributed by atoms with Gasteiger partial charge in [0.25, 0.3) is 0 Å². The van der Waals surface area contributed by atoms with Gasteiger partial charge in [-0.1, -0.05) is 13.0 Å². The molecule has 2 rings (SSSR count). The van der Waals surface area contributed by atoms with Crippen molar-refractivity contribution in [2.45, 2.75) is 38.6 Å². The third-order valence-corrected chi connectivity index (χ3v) is 5.78. The Morgan fingerprint density at radius 1 is 1.33 bits per heavy atom. The van der Waals surface area contributed by atoms with E-state index in [1.54, 1.807) is 0 Å². The van der Waals surface area contributed by atoms with Gasteiger partial charge < -0.3 is 10.1 Å². The van der Waals surface area contributed by atoms with Gasteiger partial charge in [-0.05, 0) is 56.0 Å². The van der Waals surface area contributed by atoms with Crippen LogP contribution in [-0.2, 0) is 16.3 Å². The predicted molar refractivity (Wildman–Crippen MR) is 85.6 cm³/mol. The number of nitrogens with one attached hydrogen (secondary N) is 1. The van der Waals surface area contributed by atoms with Gasteiger partial charge in [0.1, 0.15) is 12.4 Å². The first-order valence-electron chi connectivity index (χ1n) is 7.69. The van der Waals surface area contributed by atoms with Gasteiger partial charge in [0.2, 0.25) is 0 Å². The summed E-state index contributed by atoms with van der Waals surface area (Å²) >= 11 is 0. The zero-order chi connectivity index (χ0) is 15.3. The zero-order valence-electron chi connectivity index (χ0n) is 12.9. The molecule has 0 heterocycles. The SMILES string of the molecule is CCCS(=O)(=O)CCOc1ccc2c(c1)C(NC)CCC2. The van der Waals surface area contributed by atoms with E-state index < -0.39 is 9.84 Å². The highest BCUT2D eigenvalue weighted by Gasteiger charge is 2.19. The standard InChI is InChI=1S/C16H25NO3S/c1-3-10-21(18,19)11-9-20-14-8-7-13-5-4-6-16(17-2)15(13)12-14/h7-8,12,16-17H,3-6,9-11H2,1-2H3. The molecule has 21 heavy (non-hydrogen) atoms. The highest BCUT2D eigenvalue weighted by atomic mass is 32.2. The van der Waals surface area contributed by atoms with E-state index in [0.29, 0.717) is 12.5 Å². The Balaban J connectivity index is 1.99. The lowest BCUT2D eigenvalue weighted by atomic mass is 9.87. The molecule has 1 aromatic rings. The number of ether oxygens (including phenoxy) is 1. The van der Waals surface area contributed by atoms with Crippen molar-refractivity contribution >= 4 is 9.84 Å². The number of fused-ring (bicyclic) bond motifs is 1. The van der Waals surface area contributed by atoms with E-state index in [1.807, 2.05) is 20.0 Å². The first-order chi connectivity index (χ1) is 10.1.